The molecule has 0 bridgehead atoms. The van der Waals surface area contributed by atoms with Gasteiger partial charge in [0.1, 0.15) is 17.4 Å². The second-order valence-electron chi connectivity index (χ2n) is 5.31. The molecule has 0 aliphatic heterocycles. The zero-order chi connectivity index (χ0) is 14.8. The lowest BCUT2D eigenvalue weighted by Crippen LogP contribution is -2.00. The SMILES string of the molecule is Cc1ccccc1OCc1nc(C2CC2)c(CC(=O)O)s1. The summed E-state index contributed by atoms with van der Waals surface area (Å²) in [6.45, 7) is 2.40. The lowest BCUT2D eigenvalue weighted by atomic mass is 10.2. The van der Waals surface area contributed by atoms with Crippen LogP contribution in [0.5, 0.6) is 5.75 Å². The average molecular weight is 303 g/mol. The Bertz CT molecular complexity index is 661. The molecular formula is C16H17NO3S. The Balaban J connectivity index is 1.73. The van der Waals surface area contributed by atoms with E-state index in [4.69, 9.17) is 9.84 Å². The lowest BCUT2D eigenvalue weighted by Gasteiger charge is -2.06. The highest BCUT2D eigenvalue weighted by Gasteiger charge is 2.30. The van der Waals surface area contributed by atoms with Crippen LogP contribution in [0.4, 0.5) is 0 Å². The molecule has 0 atom stereocenters. The molecule has 5 heteroatoms. The molecule has 1 aliphatic carbocycles. The molecular weight excluding hydrogens is 286 g/mol. The van der Waals surface area contributed by atoms with Crippen LogP contribution in [-0.4, -0.2) is 16.1 Å². The van der Waals surface area contributed by atoms with E-state index in [9.17, 15) is 4.79 Å². The normalized spacial score (nSPS) is 14.1. The Hall–Kier alpha value is -1.88. The summed E-state index contributed by atoms with van der Waals surface area (Å²) in [6, 6.07) is 7.85. The first-order chi connectivity index (χ1) is 10.1. The van der Waals surface area contributed by atoms with Gasteiger partial charge in [0.2, 0.25) is 0 Å². The third-order valence-electron chi connectivity index (χ3n) is 3.49. The molecule has 1 heterocycles. The Labute approximate surface area is 127 Å². The summed E-state index contributed by atoms with van der Waals surface area (Å²) in [5.41, 5.74) is 2.06. The number of carbonyl (C=O) groups is 1. The molecule has 1 aliphatic rings. The van der Waals surface area contributed by atoms with Crippen molar-refractivity contribution in [2.75, 3.05) is 0 Å². The van der Waals surface area contributed by atoms with Crippen LogP contribution in [0.1, 0.15) is 39.9 Å². The fourth-order valence-electron chi connectivity index (χ4n) is 2.27. The maximum absolute atomic E-state index is 10.9. The number of ether oxygens (including phenoxy) is 1. The van der Waals surface area contributed by atoms with Crippen LogP contribution in [0.25, 0.3) is 0 Å². The zero-order valence-electron chi connectivity index (χ0n) is 11.8. The molecule has 0 saturated heterocycles. The number of hydrogen-bond donors (Lipinski definition) is 1. The average Bonchev–Trinajstić information content (AvgIpc) is 3.20. The summed E-state index contributed by atoms with van der Waals surface area (Å²) < 4.78 is 5.80. The molecule has 4 nitrogen and oxygen atoms in total. The summed E-state index contributed by atoms with van der Waals surface area (Å²) >= 11 is 1.46. The Kier molecular flexibility index (Phi) is 3.92. The molecule has 0 spiro atoms. The molecule has 110 valence electrons. The molecule has 1 aromatic carbocycles. The zero-order valence-corrected chi connectivity index (χ0v) is 12.7. The van der Waals surface area contributed by atoms with Gasteiger partial charge >= 0.3 is 5.97 Å². The van der Waals surface area contributed by atoms with E-state index in [2.05, 4.69) is 4.98 Å². The van der Waals surface area contributed by atoms with Crippen LogP contribution >= 0.6 is 11.3 Å². The number of carboxylic acid groups (broad SMARTS) is 1. The van der Waals surface area contributed by atoms with E-state index in [1.165, 1.54) is 11.3 Å². The standard InChI is InChI=1S/C16H17NO3S/c1-10-4-2-3-5-12(10)20-9-14-17-16(11-6-7-11)13(21-14)8-15(18)19/h2-5,11H,6-9H2,1H3,(H,18,19). The van der Waals surface area contributed by atoms with E-state index in [-0.39, 0.29) is 6.42 Å². The van der Waals surface area contributed by atoms with Gasteiger partial charge in [-0.3, -0.25) is 4.79 Å². The van der Waals surface area contributed by atoms with Crippen LogP contribution in [0.2, 0.25) is 0 Å². The summed E-state index contributed by atoms with van der Waals surface area (Å²) in [5, 5.41) is 9.85. The number of carboxylic acids is 1. The number of para-hydroxylation sites is 1. The van der Waals surface area contributed by atoms with Crippen molar-refractivity contribution in [1.82, 2.24) is 4.98 Å². The smallest absolute Gasteiger partial charge is 0.308 e. The third kappa shape index (κ3) is 3.42. The maximum Gasteiger partial charge on any atom is 0.308 e. The van der Waals surface area contributed by atoms with Crippen LogP contribution < -0.4 is 4.74 Å². The first-order valence-electron chi connectivity index (χ1n) is 7.02. The summed E-state index contributed by atoms with van der Waals surface area (Å²) in [7, 11) is 0. The van der Waals surface area contributed by atoms with E-state index < -0.39 is 5.97 Å². The van der Waals surface area contributed by atoms with Gasteiger partial charge in [0.15, 0.2) is 0 Å². The lowest BCUT2D eigenvalue weighted by molar-refractivity contribution is -0.136. The summed E-state index contributed by atoms with van der Waals surface area (Å²) in [6.07, 6.45) is 2.30. The number of aryl methyl sites for hydroxylation is 1. The van der Waals surface area contributed by atoms with Crippen molar-refractivity contribution in [2.24, 2.45) is 0 Å². The number of hydrogen-bond acceptors (Lipinski definition) is 4. The molecule has 0 radical (unpaired) electrons. The highest BCUT2D eigenvalue weighted by Crippen LogP contribution is 2.43. The first kappa shape index (κ1) is 14.1. The number of benzene rings is 1. The van der Waals surface area contributed by atoms with E-state index in [1.54, 1.807) is 0 Å². The second-order valence-corrected chi connectivity index (χ2v) is 6.48. The van der Waals surface area contributed by atoms with Crippen LogP contribution in [0.15, 0.2) is 24.3 Å². The van der Waals surface area contributed by atoms with E-state index in [0.717, 1.165) is 39.7 Å². The maximum atomic E-state index is 10.9. The van der Waals surface area contributed by atoms with Gasteiger partial charge in [-0.15, -0.1) is 11.3 Å². The molecule has 1 N–H and O–H groups in total. The van der Waals surface area contributed by atoms with Gasteiger partial charge in [0.25, 0.3) is 0 Å². The number of rotatable bonds is 6. The molecule has 3 rings (SSSR count). The van der Waals surface area contributed by atoms with E-state index in [0.29, 0.717) is 12.5 Å². The molecule has 2 aromatic rings. The van der Waals surface area contributed by atoms with Gasteiger partial charge in [-0.25, -0.2) is 4.98 Å². The number of aromatic nitrogens is 1. The van der Waals surface area contributed by atoms with E-state index >= 15 is 0 Å². The first-order valence-corrected chi connectivity index (χ1v) is 7.84. The fraction of sp³-hybridized carbons (Fsp3) is 0.375. The number of aliphatic carboxylic acids is 1. The molecule has 1 fully saturated rings. The molecule has 1 saturated carbocycles. The molecule has 1 aromatic heterocycles. The van der Waals surface area contributed by atoms with Crippen molar-refractivity contribution in [1.29, 1.82) is 0 Å². The van der Waals surface area contributed by atoms with Gasteiger partial charge in [-0.05, 0) is 31.4 Å². The van der Waals surface area contributed by atoms with Gasteiger partial charge < -0.3 is 9.84 Å². The quantitative estimate of drug-likeness (QED) is 0.887. The van der Waals surface area contributed by atoms with Crippen molar-refractivity contribution < 1.29 is 14.6 Å². The molecule has 0 unspecified atom stereocenters. The number of nitrogens with zero attached hydrogens (tertiary/aromatic N) is 1. The van der Waals surface area contributed by atoms with Crippen LogP contribution in [0.3, 0.4) is 0 Å². The summed E-state index contributed by atoms with van der Waals surface area (Å²) in [5.74, 6) is 0.509. The second kappa shape index (κ2) is 5.85. The minimum Gasteiger partial charge on any atom is -0.486 e. The van der Waals surface area contributed by atoms with Crippen molar-refractivity contribution in [3.63, 3.8) is 0 Å². The van der Waals surface area contributed by atoms with Crippen molar-refractivity contribution in [2.45, 2.75) is 38.7 Å². The fourth-order valence-corrected chi connectivity index (χ4v) is 3.33. The third-order valence-corrected chi connectivity index (χ3v) is 4.54. The highest BCUT2D eigenvalue weighted by molar-refractivity contribution is 7.11. The van der Waals surface area contributed by atoms with Crippen molar-refractivity contribution in [3.05, 3.63) is 45.4 Å². The Morgan fingerprint density at radius 3 is 2.86 bits per heavy atom. The molecule has 0 amide bonds. The minimum atomic E-state index is -0.799. The van der Waals surface area contributed by atoms with Crippen LogP contribution in [-0.2, 0) is 17.8 Å². The Morgan fingerprint density at radius 1 is 1.43 bits per heavy atom. The number of thiazole rings is 1. The van der Waals surface area contributed by atoms with Crippen molar-refractivity contribution >= 4 is 17.3 Å². The largest absolute Gasteiger partial charge is 0.486 e. The van der Waals surface area contributed by atoms with Gasteiger partial charge in [0.05, 0.1) is 12.1 Å². The highest BCUT2D eigenvalue weighted by atomic mass is 32.1. The van der Waals surface area contributed by atoms with E-state index in [1.807, 2.05) is 31.2 Å². The topological polar surface area (TPSA) is 59.4 Å². The monoisotopic (exact) mass is 303 g/mol. The summed E-state index contributed by atoms with van der Waals surface area (Å²) in [4.78, 5) is 16.4. The minimum absolute atomic E-state index is 0.0634. The van der Waals surface area contributed by atoms with Gasteiger partial charge in [0, 0.05) is 10.8 Å². The predicted octanol–water partition coefficient (Wildman–Crippen LogP) is 3.54. The van der Waals surface area contributed by atoms with Gasteiger partial charge in [-0.1, -0.05) is 18.2 Å². The molecule has 21 heavy (non-hydrogen) atoms. The predicted molar refractivity (Wildman–Crippen MR) is 80.9 cm³/mol. The van der Waals surface area contributed by atoms with Crippen molar-refractivity contribution in [3.8, 4) is 5.75 Å². The Morgan fingerprint density at radius 2 is 2.19 bits per heavy atom. The van der Waals surface area contributed by atoms with Gasteiger partial charge in [-0.2, -0.15) is 0 Å². The van der Waals surface area contributed by atoms with Crippen LogP contribution in [0, 0.1) is 6.92 Å².